The molecule has 0 bridgehead atoms. The van der Waals surface area contributed by atoms with E-state index in [9.17, 15) is 35.6 Å². The van der Waals surface area contributed by atoms with Crippen LogP contribution in [0.25, 0.3) is 72.3 Å². The molecule has 0 spiro atoms. The van der Waals surface area contributed by atoms with Gasteiger partial charge in [0, 0.05) is 88.1 Å². The molecule has 13 aromatic rings. The molecule has 3 heterocycles. The minimum Gasteiger partial charge on any atom is -0.510 e. The van der Waals surface area contributed by atoms with Crippen molar-refractivity contribution in [2.75, 3.05) is 0 Å². The van der Waals surface area contributed by atoms with Crippen molar-refractivity contribution in [2.24, 2.45) is 0 Å². The fourth-order valence-electron chi connectivity index (χ4n) is 12.7. The van der Waals surface area contributed by atoms with E-state index in [2.05, 4.69) is 39.2 Å². The number of hydrogen-bond acceptors (Lipinski definition) is 2. The molecule has 2 aliphatic carbocycles. The Hall–Kier alpha value is -8.67. The van der Waals surface area contributed by atoms with Crippen molar-refractivity contribution in [3.63, 3.8) is 0 Å². The van der Waals surface area contributed by atoms with Crippen molar-refractivity contribution in [3.05, 3.63) is 283 Å². The Labute approximate surface area is 618 Å². The number of pyridine rings is 1. The molecule has 7 heteroatoms. The van der Waals surface area contributed by atoms with E-state index in [1.165, 1.54) is 28.8 Å². The van der Waals surface area contributed by atoms with Crippen LogP contribution in [0.5, 0.6) is 11.5 Å². The van der Waals surface area contributed by atoms with Crippen molar-refractivity contribution < 1.29 is 82.5 Å². The Bertz CT molecular complexity index is 6400. The van der Waals surface area contributed by atoms with Crippen molar-refractivity contribution in [1.29, 1.82) is 0 Å². The molecule has 0 N–H and O–H groups in total. The molecular weight excluding hydrogens is 1330 g/mol. The molecule has 0 unspecified atom stereocenters. The molecule has 2 aliphatic rings. The number of para-hydroxylation sites is 4. The van der Waals surface area contributed by atoms with E-state index in [0.717, 1.165) is 60.2 Å². The van der Waals surface area contributed by atoms with Gasteiger partial charge in [0.05, 0.1) is 24.9 Å². The average Bonchev–Trinajstić information content (AvgIpc) is 1.51. The number of ether oxygens (including phenoxy) is 1. The molecule has 10 aromatic carbocycles. The van der Waals surface area contributed by atoms with Crippen molar-refractivity contribution >= 4 is 61.7 Å². The van der Waals surface area contributed by atoms with Gasteiger partial charge in [-0.15, -0.1) is 29.7 Å². The third-order valence-corrected chi connectivity index (χ3v) is 21.9. The summed E-state index contributed by atoms with van der Waals surface area (Å²) in [5.74, 6) is 0.613. The summed E-state index contributed by atoms with van der Waals surface area (Å²) in [7, 11) is -3.91. The first-order valence-corrected chi connectivity index (χ1v) is 31.5. The van der Waals surface area contributed by atoms with Gasteiger partial charge < -0.3 is 13.9 Å². The summed E-state index contributed by atoms with van der Waals surface area (Å²) in [6.45, 7) is -30.5. The number of hydrogen-bond donors (Lipinski definition) is 0. The maximum absolute atomic E-state index is 10.7. The van der Waals surface area contributed by atoms with Gasteiger partial charge in [0.15, 0.2) is 8.07 Å². The first kappa shape index (κ1) is 32.0. The second kappa shape index (κ2) is 23.1. The van der Waals surface area contributed by atoms with E-state index in [1.54, 1.807) is 24.4 Å². The van der Waals surface area contributed by atoms with Crippen molar-refractivity contribution in [2.45, 2.75) is 128 Å². The van der Waals surface area contributed by atoms with Crippen LogP contribution in [-0.4, -0.2) is 22.2 Å². The van der Waals surface area contributed by atoms with E-state index < -0.39 is 196 Å². The summed E-state index contributed by atoms with van der Waals surface area (Å²) in [5.41, 5.74) is -30.3. The molecule has 0 radical (unpaired) electrons. The predicted molar refractivity (Wildman–Crippen MR) is 384 cm³/mol. The zero-order chi connectivity index (χ0) is 95.9. The van der Waals surface area contributed by atoms with Gasteiger partial charge in [-0.2, -0.15) is 17.3 Å². The molecule has 93 heavy (non-hydrogen) atoms. The van der Waals surface area contributed by atoms with Crippen LogP contribution in [0, 0.1) is 18.5 Å². The minimum atomic E-state index is -4.89. The van der Waals surface area contributed by atoms with Crippen molar-refractivity contribution in [3.8, 4) is 50.9 Å². The fourth-order valence-corrected chi connectivity index (χ4v) is 17.5. The number of aromatic nitrogens is 4. The van der Waals surface area contributed by atoms with Gasteiger partial charge in [-0.3, -0.25) is 4.57 Å². The van der Waals surface area contributed by atoms with Crippen LogP contribution in [-0.2, 0) is 48.1 Å². The van der Waals surface area contributed by atoms with Crippen LogP contribution in [0.2, 0.25) is 0 Å². The second-order valence-corrected chi connectivity index (χ2v) is 27.9. The largest absolute Gasteiger partial charge is 0.510 e. The van der Waals surface area contributed by atoms with E-state index in [1.807, 2.05) is 138 Å². The monoisotopic (exact) mass is 1450 g/mol. The van der Waals surface area contributed by atoms with E-state index in [4.69, 9.17) is 26.2 Å². The third kappa shape index (κ3) is 10.6. The smallest absolute Gasteiger partial charge is 0.268 e. The molecule has 0 amide bonds. The predicted octanol–water partition coefficient (Wildman–Crippen LogP) is 18.3. The first-order valence-electron chi connectivity index (χ1n) is 48.5. The van der Waals surface area contributed by atoms with Crippen LogP contribution in [0.15, 0.2) is 237 Å². The standard InChI is InChI=1S/C86H80N4OSi.Pt/c1-82(2,3)60-44-49-87-80(52-60)90-76-35-22-21-32-70(76)71-41-40-62(56-79(71)90)91-63-53-61(54-67(55-63)92(64-26-15-12-16-27-64,65-28-17-13-18-29-65)66-30-19-14-20-31-66)88-57-89(78-37-24-23-36-77(78)88)81-68(58-38-42-72-74(50-58)85(8,9)47-45-83(72,4)5)33-25-34-69(81)59-39-43-73-75(51-59)86(10,11)48-46-84(73,6)7;/h12-44,49-52,54-55H,45-48H2,1-11H3;/q-2;/i4D3,5D3,6D3,7D3,8D3,9D3,10D3,11D3,38D,39D,42D,43D,45D2,46D2,47D2,48D2,50D,51D;. The number of benzene rings is 10. The van der Waals surface area contributed by atoms with Gasteiger partial charge in [0.1, 0.15) is 5.82 Å². The second-order valence-electron chi connectivity index (χ2n) is 24.1. The molecular formula is C86H80N4OPtSi-2. The van der Waals surface area contributed by atoms with E-state index in [0.29, 0.717) is 16.5 Å². The molecule has 0 atom stereocenters. The Morgan fingerprint density at radius 2 is 1.05 bits per heavy atom. The molecule has 0 saturated heterocycles. The molecule has 5 nitrogen and oxygen atoms in total. The average molecular weight is 1450 g/mol. The Morgan fingerprint density at radius 3 is 1.61 bits per heavy atom. The Morgan fingerprint density at radius 1 is 0.527 bits per heavy atom. The maximum atomic E-state index is 10.7. The molecule has 0 aliphatic heterocycles. The summed E-state index contributed by atoms with van der Waals surface area (Å²) >= 11 is 0. The van der Waals surface area contributed by atoms with Crippen LogP contribution in [0.1, 0.15) is 181 Å². The van der Waals surface area contributed by atoms with Crippen LogP contribution in [0.4, 0.5) is 0 Å². The number of fused-ring (bicyclic) bond motifs is 6. The zero-order valence-corrected chi connectivity index (χ0v) is 53.3. The summed E-state index contributed by atoms with van der Waals surface area (Å²) in [6, 6.07) is 52.0. The van der Waals surface area contributed by atoms with Crippen LogP contribution in [0.3, 0.4) is 0 Å². The number of rotatable bonds is 11. The number of imidazole rings is 1. The summed E-state index contributed by atoms with van der Waals surface area (Å²) < 4.78 is 371. The molecule has 466 valence electrons. The van der Waals surface area contributed by atoms with E-state index >= 15 is 0 Å². The van der Waals surface area contributed by atoms with Gasteiger partial charge in [-0.1, -0.05) is 269 Å². The Balaban J connectivity index is 0.0000138. The quantitative estimate of drug-likeness (QED) is 0.0560. The van der Waals surface area contributed by atoms with Crippen molar-refractivity contribution in [1.82, 2.24) is 14.1 Å². The summed E-state index contributed by atoms with van der Waals surface area (Å²) in [4.78, 5) is 4.87. The SMILES string of the molecule is [2H]c1c([2H])c2c(c([2H])c1-c1cccc(-c3c([2H])c([2H])c4c(c3[2H])C(C([2H])([2H])[2H])(C([2H])([2H])[2H])C([2H])([2H])C([2H])([2H])C4(C([2H])([2H])[2H])C([2H])([2H])[2H])c1-[n+]1[c-]n(-c3[c-]c(Oc4[c-]c5c(cc4)c4ccccc4n5-c4cc(C(C)(C)C)ccn4)cc([Si](c4ccccc4)(c4ccccc4)c4ccccc4)c3)c3ccccc31)C(C([2H])([2H])[2H])(C([2H])([2H])[2H])C([2H])([2H])C([2H])([2H])C2(C([2H])([2H])[2H])C([2H])([2H])[2H].[Pt]. The maximum Gasteiger partial charge on any atom is 0.268 e. The van der Waals surface area contributed by atoms with Gasteiger partial charge >= 0.3 is 0 Å². The first-order chi connectivity index (χ1) is 59.8. The minimum absolute atomic E-state index is 0. The fraction of sp³-hybridized carbons (Fsp3) is 0.233. The van der Waals surface area contributed by atoms with Crippen LogP contribution >= 0.6 is 0 Å². The van der Waals surface area contributed by atoms with Gasteiger partial charge in [-0.25, -0.2) is 4.98 Å². The van der Waals surface area contributed by atoms with Gasteiger partial charge in [0.2, 0.25) is 0 Å². The Kier molecular flexibility index (Phi) is 7.94. The molecule has 15 rings (SSSR count). The molecule has 0 saturated carbocycles. The summed E-state index contributed by atoms with van der Waals surface area (Å²) in [6.07, 6.45) is -14.5. The summed E-state index contributed by atoms with van der Waals surface area (Å²) in [5, 5.41) is 4.48. The van der Waals surface area contributed by atoms with Gasteiger partial charge in [0.25, 0.3) is 6.33 Å². The normalized spacial score (nSPS) is 24.8. The van der Waals surface area contributed by atoms with Gasteiger partial charge in [-0.05, 0) is 147 Å². The number of nitrogens with zero attached hydrogens (tertiary/aromatic N) is 4. The molecule has 0 fully saturated rings. The third-order valence-electron chi connectivity index (χ3n) is 17.1. The topological polar surface area (TPSA) is 35.9 Å². The molecule has 3 aromatic heterocycles. The van der Waals surface area contributed by atoms with Crippen LogP contribution < -0.4 is 30.1 Å². The zero-order valence-electron chi connectivity index (χ0n) is 88.1. The van der Waals surface area contributed by atoms with E-state index in [-0.39, 0.29) is 54.7 Å².